The molecule has 1 N–H and O–H groups in total. The van der Waals surface area contributed by atoms with Crippen molar-refractivity contribution in [2.75, 3.05) is 11.9 Å². The van der Waals surface area contributed by atoms with Gasteiger partial charge < -0.3 is 5.32 Å². The van der Waals surface area contributed by atoms with Gasteiger partial charge in [-0.1, -0.05) is 38.9 Å². The molecule has 0 heterocycles. The van der Waals surface area contributed by atoms with Gasteiger partial charge in [0, 0.05) is 12.2 Å². The van der Waals surface area contributed by atoms with Gasteiger partial charge in [-0.3, -0.25) is 0 Å². The molecule has 0 atom stereocenters. The maximum Gasteiger partial charge on any atom is 0.0716 e. The second-order valence-corrected chi connectivity index (χ2v) is 5.37. The van der Waals surface area contributed by atoms with Crippen molar-refractivity contribution in [1.82, 2.24) is 0 Å². The molecule has 0 unspecified atom stereocenters. The minimum Gasteiger partial charge on any atom is -0.385 e. The summed E-state index contributed by atoms with van der Waals surface area (Å²) in [6.07, 6.45) is 0. The third-order valence-corrected chi connectivity index (χ3v) is 3.25. The van der Waals surface area contributed by atoms with Gasteiger partial charge in [0.1, 0.15) is 0 Å². The van der Waals surface area contributed by atoms with Crippen LogP contribution in [0.15, 0.2) is 12.1 Å². The van der Waals surface area contributed by atoms with Crippen molar-refractivity contribution in [2.45, 2.75) is 46.5 Å². The summed E-state index contributed by atoms with van der Waals surface area (Å²) >= 11 is 0. The predicted molar refractivity (Wildman–Crippen MR) is 74.2 cm³/mol. The van der Waals surface area contributed by atoms with Crippen molar-refractivity contribution in [2.24, 2.45) is 0 Å². The van der Waals surface area contributed by atoms with E-state index in [4.69, 9.17) is 0 Å². The zero-order valence-corrected chi connectivity index (χ0v) is 12.0. The summed E-state index contributed by atoms with van der Waals surface area (Å²) < 4.78 is 0. The first-order valence-electron chi connectivity index (χ1n) is 6.11. The second-order valence-electron chi connectivity index (χ2n) is 4.83. The van der Waals surface area contributed by atoms with Crippen LogP contribution in [0.3, 0.4) is 0 Å². The van der Waals surface area contributed by atoms with E-state index in [1.807, 2.05) is 0 Å². The van der Waals surface area contributed by atoms with Gasteiger partial charge in [0.15, 0.2) is 0 Å². The van der Waals surface area contributed by atoms with Gasteiger partial charge in [-0.15, -0.1) is 0 Å². The molecular formula is C14H22NSi. The molecule has 0 saturated heterocycles. The van der Waals surface area contributed by atoms with Crippen LogP contribution in [-0.4, -0.2) is 16.8 Å². The van der Waals surface area contributed by atoms with Gasteiger partial charge in [0.25, 0.3) is 0 Å². The monoisotopic (exact) mass is 232 g/mol. The van der Waals surface area contributed by atoms with Gasteiger partial charge in [0.05, 0.1) is 10.2 Å². The molecule has 3 radical (unpaired) electrons. The first kappa shape index (κ1) is 13.3. The lowest BCUT2D eigenvalue weighted by molar-refractivity contribution is 0.796. The Morgan fingerprint density at radius 2 is 1.62 bits per heavy atom. The first-order chi connectivity index (χ1) is 7.49. The Balaban J connectivity index is 3.37. The molecule has 0 spiro atoms. The molecule has 1 nitrogen and oxygen atoms in total. The summed E-state index contributed by atoms with van der Waals surface area (Å²) in [5.74, 6) is 1.09. The summed E-state index contributed by atoms with van der Waals surface area (Å²) in [5, 5.41) is 4.68. The maximum absolute atomic E-state index is 3.73. The van der Waals surface area contributed by atoms with Crippen molar-refractivity contribution in [3.05, 3.63) is 23.3 Å². The van der Waals surface area contributed by atoms with Crippen molar-refractivity contribution < 1.29 is 0 Å². The molecule has 0 fully saturated rings. The van der Waals surface area contributed by atoms with Crippen molar-refractivity contribution in [1.29, 1.82) is 0 Å². The van der Waals surface area contributed by atoms with Crippen molar-refractivity contribution in [3.8, 4) is 0 Å². The van der Waals surface area contributed by atoms with E-state index in [1.54, 1.807) is 0 Å². The normalized spacial score (nSPS) is 11.2. The zero-order valence-electron chi connectivity index (χ0n) is 11.0. The van der Waals surface area contributed by atoms with Gasteiger partial charge >= 0.3 is 0 Å². The molecule has 0 saturated carbocycles. The van der Waals surface area contributed by atoms with Gasteiger partial charge in [-0.05, 0) is 36.0 Å². The molecular weight excluding hydrogens is 210 g/mol. The lowest BCUT2D eigenvalue weighted by Crippen LogP contribution is -2.18. The largest absolute Gasteiger partial charge is 0.385 e. The van der Waals surface area contributed by atoms with Gasteiger partial charge in [-0.2, -0.15) is 0 Å². The van der Waals surface area contributed by atoms with E-state index >= 15 is 0 Å². The van der Waals surface area contributed by atoms with E-state index < -0.39 is 0 Å². The lowest BCUT2D eigenvalue weighted by atomic mass is 9.89. The molecule has 87 valence electrons. The molecule has 1 rings (SSSR count). The third-order valence-electron chi connectivity index (χ3n) is 2.81. The van der Waals surface area contributed by atoms with Crippen LogP contribution in [0.2, 0.25) is 0 Å². The van der Waals surface area contributed by atoms with Crippen LogP contribution in [0.5, 0.6) is 0 Å². The number of nitrogens with one attached hydrogen (secondary N) is 1. The molecule has 0 aliphatic carbocycles. The number of anilines is 1. The molecule has 16 heavy (non-hydrogen) atoms. The summed E-state index contributed by atoms with van der Waals surface area (Å²) in [4.78, 5) is 0. The molecule has 0 aliphatic rings. The Labute approximate surface area is 103 Å². The fourth-order valence-corrected chi connectivity index (χ4v) is 2.73. The number of benzene rings is 1. The Bertz CT molecular complexity index is 356. The van der Waals surface area contributed by atoms with E-state index in [0.717, 1.165) is 6.54 Å². The Morgan fingerprint density at radius 1 is 1.06 bits per heavy atom. The van der Waals surface area contributed by atoms with Crippen LogP contribution in [-0.2, 0) is 0 Å². The van der Waals surface area contributed by atoms with E-state index in [9.17, 15) is 0 Å². The molecule has 0 bridgehead atoms. The number of rotatable bonds is 4. The van der Waals surface area contributed by atoms with Gasteiger partial charge in [-0.25, -0.2) is 0 Å². The highest BCUT2D eigenvalue weighted by Crippen LogP contribution is 2.30. The summed E-state index contributed by atoms with van der Waals surface area (Å²) in [6.45, 7) is 12.1. The molecule has 1 aromatic rings. The molecule has 0 aliphatic heterocycles. The SMILES string of the molecule is CCNc1ccc([Si])c(C(C)C)c1C(C)C. The summed E-state index contributed by atoms with van der Waals surface area (Å²) in [6, 6.07) is 4.32. The Hall–Kier alpha value is -0.763. The summed E-state index contributed by atoms with van der Waals surface area (Å²) in [7, 11) is 3.73. The Kier molecular flexibility index (Phi) is 4.60. The number of hydrogen-bond donors (Lipinski definition) is 1. The van der Waals surface area contributed by atoms with Crippen LogP contribution in [0.1, 0.15) is 57.6 Å². The van der Waals surface area contributed by atoms with Gasteiger partial charge in [0.2, 0.25) is 0 Å². The van der Waals surface area contributed by atoms with Crippen LogP contribution in [0.4, 0.5) is 5.69 Å². The van der Waals surface area contributed by atoms with Crippen LogP contribution in [0, 0.1) is 0 Å². The minimum absolute atomic E-state index is 0.544. The molecule has 0 amide bonds. The van der Waals surface area contributed by atoms with Crippen molar-refractivity contribution >= 4 is 21.1 Å². The van der Waals surface area contributed by atoms with Crippen LogP contribution < -0.4 is 10.5 Å². The average Bonchev–Trinajstić information content (AvgIpc) is 2.19. The fraction of sp³-hybridized carbons (Fsp3) is 0.571. The topological polar surface area (TPSA) is 12.0 Å². The van der Waals surface area contributed by atoms with Crippen LogP contribution in [0.25, 0.3) is 0 Å². The minimum atomic E-state index is 0.544. The first-order valence-corrected chi connectivity index (χ1v) is 6.61. The highest BCUT2D eigenvalue weighted by Gasteiger charge is 2.16. The van der Waals surface area contributed by atoms with E-state index in [-0.39, 0.29) is 0 Å². The Morgan fingerprint density at radius 3 is 2.06 bits per heavy atom. The lowest BCUT2D eigenvalue weighted by Gasteiger charge is -2.23. The quantitative estimate of drug-likeness (QED) is 0.786. The predicted octanol–water partition coefficient (Wildman–Crippen LogP) is 3.16. The highest BCUT2D eigenvalue weighted by atomic mass is 28.1. The fourth-order valence-electron chi connectivity index (χ4n) is 2.23. The zero-order chi connectivity index (χ0) is 12.3. The average molecular weight is 232 g/mol. The highest BCUT2D eigenvalue weighted by molar-refractivity contribution is 6.33. The molecule has 1 aromatic carbocycles. The smallest absolute Gasteiger partial charge is 0.0716 e. The molecule has 0 aromatic heterocycles. The summed E-state index contributed by atoms with van der Waals surface area (Å²) in [5.41, 5.74) is 4.16. The van der Waals surface area contributed by atoms with E-state index in [1.165, 1.54) is 22.0 Å². The van der Waals surface area contributed by atoms with E-state index in [2.05, 4.69) is 62.3 Å². The van der Waals surface area contributed by atoms with Crippen LogP contribution >= 0.6 is 0 Å². The second kappa shape index (κ2) is 5.53. The third kappa shape index (κ3) is 2.67. The maximum atomic E-state index is 3.73. The van der Waals surface area contributed by atoms with E-state index in [0.29, 0.717) is 11.8 Å². The standard InChI is InChI=1S/C14H22NSi/c1-6-15-11-7-8-12(16)14(10(4)5)13(11)9(2)3/h7-10,15H,6H2,1-5H3. The molecule has 2 heteroatoms. The number of hydrogen-bond acceptors (Lipinski definition) is 1. The van der Waals surface area contributed by atoms with Crippen molar-refractivity contribution in [3.63, 3.8) is 0 Å².